The molecule has 3 heterocycles. The second-order valence-electron chi connectivity index (χ2n) is 8.94. The van der Waals surface area contributed by atoms with Gasteiger partial charge in [-0.05, 0) is 62.4 Å². The lowest BCUT2D eigenvalue weighted by Gasteiger charge is -2.10. The number of benzene rings is 2. The predicted molar refractivity (Wildman–Crippen MR) is 130 cm³/mol. The Morgan fingerprint density at radius 2 is 1.91 bits per heavy atom. The van der Waals surface area contributed by atoms with Crippen LogP contribution in [0.2, 0.25) is 0 Å². The number of fused-ring (bicyclic) bond motifs is 4. The van der Waals surface area contributed by atoms with Gasteiger partial charge in [0.25, 0.3) is 0 Å². The number of esters is 1. The molecule has 6 heteroatoms. The maximum Gasteiger partial charge on any atom is 0.338 e. The number of pyridine rings is 1. The third-order valence-electron chi connectivity index (χ3n) is 6.90. The molecule has 0 spiro atoms. The number of ether oxygens (including phenoxy) is 1. The van der Waals surface area contributed by atoms with Gasteiger partial charge in [0.15, 0.2) is 0 Å². The van der Waals surface area contributed by atoms with E-state index in [-0.39, 0.29) is 5.97 Å². The van der Waals surface area contributed by atoms with Gasteiger partial charge in [0.05, 0.1) is 29.2 Å². The fourth-order valence-corrected chi connectivity index (χ4v) is 4.98. The number of methoxy groups -OCH3 is 1. The molecule has 0 saturated heterocycles. The number of hydrogen-bond donors (Lipinski definition) is 0. The normalized spacial score (nSPS) is 13.9. The molecular formula is C27H26N4O2. The van der Waals surface area contributed by atoms with Crippen molar-refractivity contribution in [2.45, 2.75) is 39.8 Å². The van der Waals surface area contributed by atoms with Gasteiger partial charge in [-0.1, -0.05) is 18.2 Å². The zero-order valence-electron chi connectivity index (χ0n) is 19.1. The van der Waals surface area contributed by atoms with Crippen LogP contribution in [-0.2, 0) is 17.8 Å². The SMILES string of the molecule is CCn1c2ccccc2c2cc(-c3nc4c(C)c(C(=O)OC)ccc4n3CC3CC3)cnc21. The molecule has 0 N–H and O–H groups in total. The quantitative estimate of drug-likeness (QED) is 0.329. The topological polar surface area (TPSA) is 61.9 Å². The summed E-state index contributed by atoms with van der Waals surface area (Å²) in [7, 11) is 1.41. The average Bonchev–Trinajstić information content (AvgIpc) is 3.51. The van der Waals surface area contributed by atoms with E-state index < -0.39 is 0 Å². The van der Waals surface area contributed by atoms with Crippen LogP contribution in [0.1, 0.15) is 35.7 Å². The molecule has 0 radical (unpaired) electrons. The highest BCUT2D eigenvalue weighted by Crippen LogP contribution is 2.37. The number of carbonyl (C=O) groups excluding carboxylic acids is 1. The summed E-state index contributed by atoms with van der Waals surface area (Å²) >= 11 is 0. The van der Waals surface area contributed by atoms with E-state index in [1.165, 1.54) is 30.9 Å². The van der Waals surface area contributed by atoms with Crippen LogP contribution in [-0.4, -0.2) is 32.2 Å². The molecule has 6 nitrogen and oxygen atoms in total. The average molecular weight is 439 g/mol. The Balaban J connectivity index is 1.60. The van der Waals surface area contributed by atoms with Crippen molar-refractivity contribution in [3.05, 3.63) is 59.8 Å². The van der Waals surface area contributed by atoms with E-state index in [0.717, 1.165) is 52.1 Å². The van der Waals surface area contributed by atoms with E-state index in [1.807, 2.05) is 25.3 Å². The molecule has 0 aliphatic heterocycles. The fourth-order valence-electron chi connectivity index (χ4n) is 4.98. The highest BCUT2D eigenvalue weighted by molar-refractivity contribution is 6.07. The molecule has 1 saturated carbocycles. The van der Waals surface area contributed by atoms with Crippen molar-refractivity contribution < 1.29 is 9.53 Å². The van der Waals surface area contributed by atoms with Gasteiger partial charge in [0.1, 0.15) is 11.5 Å². The smallest absolute Gasteiger partial charge is 0.338 e. The van der Waals surface area contributed by atoms with Crippen LogP contribution in [0.25, 0.3) is 44.4 Å². The second kappa shape index (κ2) is 7.44. The van der Waals surface area contributed by atoms with Crippen molar-refractivity contribution in [2.75, 3.05) is 7.11 Å². The van der Waals surface area contributed by atoms with Crippen LogP contribution in [0.5, 0.6) is 0 Å². The number of rotatable bonds is 5. The summed E-state index contributed by atoms with van der Waals surface area (Å²) in [6.07, 6.45) is 4.44. The van der Waals surface area contributed by atoms with Crippen molar-refractivity contribution in [2.24, 2.45) is 5.92 Å². The first-order chi connectivity index (χ1) is 16.1. The Labute approximate surface area is 191 Å². The lowest BCUT2D eigenvalue weighted by Crippen LogP contribution is -2.05. The van der Waals surface area contributed by atoms with Gasteiger partial charge in [-0.25, -0.2) is 14.8 Å². The van der Waals surface area contributed by atoms with Crippen molar-refractivity contribution in [1.29, 1.82) is 0 Å². The lowest BCUT2D eigenvalue weighted by atomic mass is 10.1. The molecule has 0 atom stereocenters. The van der Waals surface area contributed by atoms with Gasteiger partial charge >= 0.3 is 5.97 Å². The number of aryl methyl sites for hydroxylation is 2. The standard InChI is InChI=1S/C27H26N4O2/c1-4-30-22-8-6-5-7-20(22)21-13-18(14-28-26(21)30)25-29-24-16(2)19(27(32)33-3)11-12-23(24)31(25)15-17-9-10-17/h5-8,11-14,17H,4,9-10,15H2,1-3H3. The number of imidazole rings is 1. The van der Waals surface area contributed by atoms with Gasteiger partial charge in [-0.15, -0.1) is 0 Å². The van der Waals surface area contributed by atoms with Gasteiger partial charge in [-0.3, -0.25) is 0 Å². The fraction of sp³-hybridized carbons (Fsp3) is 0.296. The summed E-state index contributed by atoms with van der Waals surface area (Å²) in [5.74, 6) is 1.26. The Morgan fingerprint density at radius 1 is 1.09 bits per heavy atom. The van der Waals surface area contributed by atoms with E-state index in [0.29, 0.717) is 11.5 Å². The molecule has 1 aliphatic carbocycles. The highest BCUT2D eigenvalue weighted by Gasteiger charge is 2.26. The van der Waals surface area contributed by atoms with Gasteiger partial charge < -0.3 is 13.9 Å². The van der Waals surface area contributed by atoms with Crippen LogP contribution in [0.3, 0.4) is 0 Å². The monoisotopic (exact) mass is 438 g/mol. The summed E-state index contributed by atoms with van der Waals surface area (Å²) in [5.41, 5.74) is 6.51. The molecular weight excluding hydrogens is 412 g/mol. The minimum Gasteiger partial charge on any atom is -0.465 e. The Bertz CT molecular complexity index is 1560. The number of para-hydroxylation sites is 1. The van der Waals surface area contributed by atoms with Gasteiger partial charge in [0, 0.05) is 35.6 Å². The van der Waals surface area contributed by atoms with Crippen LogP contribution in [0, 0.1) is 12.8 Å². The Kier molecular flexibility index (Phi) is 4.50. The Hall–Kier alpha value is -3.67. The van der Waals surface area contributed by atoms with Crippen molar-refractivity contribution in [3.63, 3.8) is 0 Å². The molecule has 0 amide bonds. The van der Waals surface area contributed by atoms with E-state index in [1.54, 1.807) is 0 Å². The molecule has 3 aromatic heterocycles. The Morgan fingerprint density at radius 3 is 2.67 bits per heavy atom. The predicted octanol–water partition coefficient (Wildman–Crippen LogP) is 5.73. The van der Waals surface area contributed by atoms with Crippen LogP contribution in [0.15, 0.2) is 48.7 Å². The number of hydrogen-bond acceptors (Lipinski definition) is 4. The van der Waals surface area contributed by atoms with Gasteiger partial charge in [0.2, 0.25) is 0 Å². The zero-order valence-corrected chi connectivity index (χ0v) is 19.1. The summed E-state index contributed by atoms with van der Waals surface area (Å²) in [6.45, 7) is 5.89. The minimum atomic E-state index is -0.330. The molecule has 33 heavy (non-hydrogen) atoms. The highest BCUT2D eigenvalue weighted by atomic mass is 16.5. The first-order valence-electron chi connectivity index (χ1n) is 11.6. The first-order valence-corrected chi connectivity index (χ1v) is 11.6. The summed E-state index contributed by atoms with van der Waals surface area (Å²) in [5, 5.41) is 2.35. The third kappa shape index (κ3) is 3.04. The third-order valence-corrected chi connectivity index (χ3v) is 6.90. The van der Waals surface area contributed by atoms with Crippen LogP contribution in [0.4, 0.5) is 0 Å². The van der Waals surface area contributed by atoms with Crippen LogP contribution < -0.4 is 0 Å². The van der Waals surface area contributed by atoms with E-state index in [2.05, 4.69) is 46.4 Å². The number of aromatic nitrogens is 4. The molecule has 0 unspecified atom stereocenters. The second-order valence-corrected chi connectivity index (χ2v) is 8.94. The molecule has 0 bridgehead atoms. The first kappa shape index (κ1) is 20.0. The molecule has 1 fully saturated rings. The maximum absolute atomic E-state index is 12.3. The molecule has 2 aromatic carbocycles. The molecule has 166 valence electrons. The summed E-state index contributed by atoms with van der Waals surface area (Å²) < 4.78 is 9.55. The summed E-state index contributed by atoms with van der Waals surface area (Å²) in [6, 6.07) is 14.5. The molecule has 1 aliphatic rings. The maximum atomic E-state index is 12.3. The molecule has 6 rings (SSSR count). The van der Waals surface area contributed by atoms with E-state index in [4.69, 9.17) is 14.7 Å². The number of nitrogens with zero attached hydrogens (tertiary/aromatic N) is 4. The largest absolute Gasteiger partial charge is 0.465 e. The van der Waals surface area contributed by atoms with Crippen molar-refractivity contribution in [1.82, 2.24) is 19.1 Å². The summed E-state index contributed by atoms with van der Waals surface area (Å²) in [4.78, 5) is 22.2. The van der Waals surface area contributed by atoms with E-state index >= 15 is 0 Å². The van der Waals surface area contributed by atoms with Crippen molar-refractivity contribution >= 4 is 38.9 Å². The van der Waals surface area contributed by atoms with Gasteiger partial charge in [-0.2, -0.15) is 0 Å². The van der Waals surface area contributed by atoms with E-state index in [9.17, 15) is 4.79 Å². The zero-order chi connectivity index (χ0) is 22.7. The number of carbonyl (C=O) groups is 1. The van der Waals surface area contributed by atoms with Crippen molar-refractivity contribution in [3.8, 4) is 11.4 Å². The van der Waals surface area contributed by atoms with Crippen LogP contribution >= 0.6 is 0 Å². The molecule has 5 aromatic rings. The minimum absolute atomic E-state index is 0.330. The lowest BCUT2D eigenvalue weighted by molar-refractivity contribution is 0.0600.